The fourth-order valence-electron chi connectivity index (χ4n) is 4.59. The second-order valence-corrected chi connectivity index (χ2v) is 11.9. The molecule has 0 aliphatic heterocycles. The number of hydrogen-bond acceptors (Lipinski definition) is 4. The van der Waals surface area contributed by atoms with Gasteiger partial charge in [-0.05, 0) is 60.8 Å². The van der Waals surface area contributed by atoms with Crippen LogP contribution in [0.1, 0.15) is 54.9 Å². The molecule has 4 rings (SSSR count). The highest BCUT2D eigenvalue weighted by Gasteiger charge is 2.38. The Morgan fingerprint density at radius 2 is 1.29 bits per heavy atom. The normalized spacial score (nSPS) is 12.1. The molecule has 0 fully saturated rings. The summed E-state index contributed by atoms with van der Waals surface area (Å²) < 4.78 is 78.4. The Hall–Kier alpha value is -3.92. The van der Waals surface area contributed by atoms with Gasteiger partial charge in [-0.2, -0.15) is 21.6 Å². The van der Waals surface area contributed by atoms with E-state index in [1.54, 1.807) is 84.9 Å². The second kappa shape index (κ2) is 17.5. The van der Waals surface area contributed by atoms with Crippen molar-refractivity contribution in [2.45, 2.75) is 50.6 Å². The number of alkyl halides is 3. The summed E-state index contributed by atoms with van der Waals surface area (Å²) in [4.78, 5) is -0.0666. The molecule has 0 saturated carbocycles. The predicted octanol–water partition coefficient (Wildman–Crippen LogP) is 9.00. The van der Waals surface area contributed by atoms with E-state index in [1.165, 1.54) is 43.5 Å². The molecule has 0 aromatic heterocycles. The maximum absolute atomic E-state index is 14.4. The highest BCUT2D eigenvalue weighted by molar-refractivity contribution is 7.85. The van der Waals surface area contributed by atoms with Gasteiger partial charge in [-0.1, -0.05) is 117 Å². The molecule has 0 bridgehead atoms. The van der Waals surface area contributed by atoms with E-state index < -0.39 is 21.9 Å². The molecule has 45 heavy (non-hydrogen) atoms. The van der Waals surface area contributed by atoms with Gasteiger partial charge >= 0.3 is 6.18 Å². The molecule has 0 heterocycles. The molecule has 0 amide bonds. The van der Waals surface area contributed by atoms with Gasteiger partial charge in [-0.3, -0.25) is 4.55 Å². The molecule has 4 aromatic carbocycles. The van der Waals surface area contributed by atoms with E-state index in [9.17, 15) is 21.6 Å². The van der Waals surface area contributed by atoms with Gasteiger partial charge in [0.2, 0.25) is 0 Å². The lowest BCUT2D eigenvalue weighted by Crippen LogP contribution is -2.22. The third kappa shape index (κ3) is 11.8. The van der Waals surface area contributed by atoms with E-state index in [4.69, 9.17) is 9.29 Å². The summed E-state index contributed by atoms with van der Waals surface area (Å²) in [5.41, 5.74) is 1.60. The lowest BCUT2D eigenvalue weighted by Gasteiger charge is -2.20. The number of nitrogens with one attached hydrogen (secondary N) is 1. The fourth-order valence-corrected chi connectivity index (χ4v) is 5.07. The van der Waals surface area contributed by atoms with Gasteiger partial charge in [0.05, 0.1) is 10.5 Å². The monoisotopic (exact) mass is 639 g/mol. The minimum atomic E-state index is -4.52. The summed E-state index contributed by atoms with van der Waals surface area (Å²) in [6, 6.07) is 29.5. The van der Waals surface area contributed by atoms with Crippen molar-refractivity contribution in [2.24, 2.45) is 0 Å². The van der Waals surface area contributed by atoms with Crippen molar-refractivity contribution in [1.29, 1.82) is 0 Å². The Balaban J connectivity index is 0.000000423. The van der Waals surface area contributed by atoms with Crippen LogP contribution in [0.15, 0.2) is 114 Å². The molecule has 5 nitrogen and oxygen atoms in total. The largest absolute Gasteiger partial charge is 0.492 e. The molecule has 0 radical (unpaired) electrons. The molecule has 240 valence electrons. The van der Waals surface area contributed by atoms with Gasteiger partial charge in [0, 0.05) is 12.1 Å². The molecule has 2 N–H and O–H groups in total. The lowest BCUT2D eigenvalue weighted by molar-refractivity contribution is -0.0685. The van der Waals surface area contributed by atoms with E-state index >= 15 is 0 Å². The number of aryl methyl sites for hydroxylation is 1. The second-order valence-electron chi connectivity index (χ2n) is 10.5. The number of ether oxygens (including phenoxy) is 1. The van der Waals surface area contributed by atoms with Gasteiger partial charge in [-0.25, -0.2) is 0 Å². The average molecular weight is 640 g/mol. The maximum Gasteiger partial charge on any atom is 0.417 e. The van der Waals surface area contributed by atoms with E-state index in [0.717, 1.165) is 25.1 Å². The topological polar surface area (TPSA) is 75.6 Å². The first kappa shape index (κ1) is 35.6. The maximum atomic E-state index is 14.4. The third-order valence-corrected chi connectivity index (χ3v) is 7.74. The van der Waals surface area contributed by atoms with Gasteiger partial charge in [0.1, 0.15) is 12.4 Å². The molecule has 0 aliphatic carbocycles. The highest BCUT2D eigenvalue weighted by Crippen LogP contribution is 2.42. The number of hydrogen-bond donors (Lipinski definition) is 2. The van der Waals surface area contributed by atoms with E-state index in [1.807, 2.05) is 6.92 Å². The molecule has 0 saturated heterocycles. The van der Waals surface area contributed by atoms with Gasteiger partial charge in [0.25, 0.3) is 10.1 Å². The Morgan fingerprint density at radius 1 is 0.733 bits per heavy atom. The van der Waals surface area contributed by atoms with Crippen molar-refractivity contribution in [1.82, 2.24) is 5.32 Å². The summed E-state index contributed by atoms with van der Waals surface area (Å²) in [7, 11) is -4.02. The lowest BCUT2D eigenvalue weighted by atomic mass is 9.89. The zero-order chi connectivity index (χ0) is 32.7. The van der Waals surface area contributed by atoms with Crippen LogP contribution in [-0.4, -0.2) is 38.8 Å². The van der Waals surface area contributed by atoms with Crippen molar-refractivity contribution < 1.29 is 30.9 Å². The van der Waals surface area contributed by atoms with Crippen molar-refractivity contribution in [3.63, 3.8) is 0 Å². The van der Waals surface area contributed by atoms with Crippen LogP contribution < -0.4 is 10.1 Å². The molecular formula is C36H40F3NO4S. The molecule has 0 spiro atoms. The van der Waals surface area contributed by atoms with Crippen molar-refractivity contribution in [3.8, 4) is 5.75 Å². The first-order valence-electron chi connectivity index (χ1n) is 14.9. The summed E-state index contributed by atoms with van der Waals surface area (Å²) in [5.74, 6) is 0.636. The molecule has 0 atom stereocenters. The molecular weight excluding hydrogens is 599 g/mol. The Kier molecular flexibility index (Phi) is 13.9. The smallest absolute Gasteiger partial charge is 0.417 e. The summed E-state index contributed by atoms with van der Waals surface area (Å²) in [6.07, 6.45) is 0.330. The van der Waals surface area contributed by atoms with Gasteiger partial charge in [0.15, 0.2) is 0 Å². The Bertz CT molecular complexity index is 1570. The van der Waals surface area contributed by atoms with Crippen LogP contribution in [0.2, 0.25) is 0 Å². The van der Waals surface area contributed by atoms with Gasteiger partial charge < -0.3 is 10.1 Å². The van der Waals surface area contributed by atoms with Crippen molar-refractivity contribution in [2.75, 3.05) is 19.7 Å². The Morgan fingerprint density at radius 3 is 1.82 bits per heavy atom. The van der Waals surface area contributed by atoms with E-state index in [2.05, 4.69) is 12.2 Å². The van der Waals surface area contributed by atoms with E-state index in [-0.39, 0.29) is 16.0 Å². The number of benzene rings is 4. The van der Waals surface area contributed by atoms with E-state index in [0.29, 0.717) is 23.5 Å². The van der Waals surface area contributed by atoms with Crippen LogP contribution in [-0.2, 0) is 10.1 Å². The zero-order valence-electron chi connectivity index (χ0n) is 25.6. The average Bonchev–Trinajstić information content (AvgIpc) is 3.02. The molecule has 4 aromatic rings. The first-order valence-corrected chi connectivity index (χ1v) is 16.3. The predicted molar refractivity (Wildman–Crippen MR) is 175 cm³/mol. The number of allylic oxidation sites excluding steroid dienone is 1. The van der Waals surface area contributed by atoms with Crippen LogP contribution >= 0.6 is 0 Å². The summed E-state index contributed by atoms with van der Waals surface area (Å²) in [5, 5.41) is 3.36. The van der Waals surface area contributed by atoms with Crippen LogP contribution in [0.5, 0.6) is 5.75 Å². The quantitative estimate of drug-likeness (QED) is 0.0868. The standard InChI is InChI=1S/C29H32F3NO.C7H8O3S/c1-2-3-4-11-20-33-21-22-34-26-18-16-24(17-19-26)27(23-12-7-5-8-13-23)28(29(30,31)32)25-14-9-6-10-15-25;1-6-2-4-7(5-3-6)11(8,9)10/h5-10,12-19,33H,2-4,11,20-22H2,1H3;2-5H,1H3,(H,8,9,10). The van der Waals surface area contributed by atoms with Crippen LogP contribution in [0, 0.1) is 6.92 Å². The summed E-state index contributed by atoms with van der Waals surface area (Å²) >= 11 is 0. The minimum Gasteiger partial charge on any atom is -0.492 e. The number of unbranched alkanes of at least 4 members (excludes halogenated alkanes) is 3. The highest BCUT2D eigenvalue weighted by atomic mass is 32.2. The van der Waals surface area contributed by atoms with Crippen LogP contribution in [0.25, 0.3) is 11.1 Å². The van der Waals surface area contributed by atoms with Crippen LogP contribution in [0.3, 0.4) is 0 Å². The molecule has 0 aliphatic rings. The zero-order valence-corrected chi connectivity index (χ0v) is 26.4. The third-order valence-electron chi connectivity index (χ3n) is 6.87. The van der Waals surface area contributed by atoms with Crippen molar-refractivity contribution in [3.05, 3.63) is 131 Å². The molecule has 9 heteroatoms. The minimum absolute atomic E-state index is 0.0666. The van der Waals surface area contributed by atoms with Crippen molar-refractivity contribution >= 4 is 21.3 Å². The van der Waals surface area contributed by atoms with Crippen LogP contribution in [0.4, 0.5) is 13.2 Å². The SMILES string of the molecule is CCCCCCNCCOc1ccc(C(=C(c2ccccc2)C(F)(F)F)c2ccccc2)cc1.Cc1ccc(S(=O)(=O)O)cc1. The first-order chi connectivity index (χ1) is 21.5. The van der Waals surface area contributed by atoms with Gasteiger partial charge in [-0.15, -0.1) is 0 Å². The Labute approximate surface area is 264 Å². The summed E-state index contributed by atoms with van der Waals surface area (Å²) in [6.45, 7) is 6.24. The number of rotatable bonds is 13. The fraction of sp³-hybridized carbons (Fsp3) is 0.278. The number of halogens is 3. The molecule has 0 unspecified atom stereocenters.